The molecule has 0 aromatic heterocycles. The number of hydrogen-bond donors (Lipinski definition) is 6. The molecular weight excluding hydrogens is 1250 g/mol. The molecule has 0 aliphatic rings. The zero-order valence-corrected chi connectivity index (χ0v) is 52.7. The van der Waals surface area contributed by atoms with Crippen molar-refractivity contribution in [2.75, 3.05) is 14.2 Å². The molecule has 0 fully saturated rings. The molecule has 0 bridgehead atoms. The lowest BCUT2D eigenvalue weighted by Crippen LogP contribution is -2.15. The molecule has 15 nitrogen and oxygen atoms in total. The zero-order valence-electron chi connectivity index (χ0n) is 50.3. The largest absolute Gasteiger partial charge is 0.478 e. The van der Waals surface area contributed by atoms with E-state index in [-0.39, 0.29) is 32.2 Å². The van der Waals surface area contributed by atoms with Gasteiger partial charge in [0.2, 0.25) is 0 Å². The van der Waals surface area contributed by atoms with E-state index in [0.717, 1.165) is 69.8 Å². The number of nitrogens with one attached hydrogen (secondary N) is 3. The number of carboxylic acids is 3. The zero-order chi connectivity index (χ0) is 66.8. The van der Waals surface area contributed by atoms with Crippen molar-refractivity contribution in [3.05, 3.63) is 298 Å². The Morgan fingerprint density at radius 3 is 1.17 bits per heavy atom. The SMILES string of the molecule is Cc1ccc(S(=O)(=O)Nc2ccccc2CCCc2cccc(C(=O)O)c2)cc1.O=C(O)c1cccc(CCCc2ccccc2NS(=O)(=O)c2cccc(C(F)(F)F)c2)c1.O=C(O)c1cccc(CCCc2ccccc2NS(=O)(=O)c2cccc3ccccc23)c1. The molecule has 10 aromatic carbocycles. The minimum absolute atomic E-state index is 0.191. The van der Waals surface area contributed by atoms with Crippen LogP contribution in [0.2, 0.25) is 0 Å². The van der Waals surface area contributed by atoms with E-state index >= 15 is 0 Å². The molecule has 10 rings (SSSR count). The number of anilines is 3. The van der Waals surface area contributed by atoms with Crippen LogP contribution in [0.4, 0.5) is 30.2 Å². The summed E-state index contributed by atoms with van der Waals surface area (Å²) < 4.78 is 124. The Kier molecular flexibility index (Phi) is 23.2. The van der Waals surface area contributed by atoms with Crippen molar-refractivity contribution in [1.29, 1.82) is 0 Å². The predicted molar refractivity (Wildman–Crippen MR) is 355 cm³/mol. The van der Waals surface area contributed by atoms with Crippen LogP contribution in [0.3, 0.4) is 0 Å². The molecule has 0 amide bonds. The van der Waals surface area contributed by atoms with Gasteiger partial charge in [-0.25, -0.2) is 39.6 Å². The quantitative estimate of drug-likeness (QED) is 0.0331. The number of fused-ring (bicyclic) bond motifs is 1. The first kappa shape index (κ1) is 68.8. The third-order valence-electron chi connectivity index (χ3n) is 14.9. The average molecular weight is 1320 g/mol. The van der Waals surface area contributed by atoms with Crippen LogP contribution in [0.5, 0.6) is 0 Å². The lowest BCUT2D eigenvalue weighted by Gasteiger charge is -2.14. The topological polar surface area (TPSA) is 250 Å². The number of hydrogen-bond acceptors (Lipinski definition) is 9. The molecule has 0 radical (unpaired) electrons. The van der Waals surface area contributed by atoms with Crippen molar-refractivity contribution in [3.63, 3.8) is 0 Å². The summed E-state index contributed by atoms with van der Waals surface area (Å²) in [4.78, 5) is 33.3. The van der Waals surface area contributed by atoms with E-state index in [0.29, 0.717) is 73.3 Å². The maximum Gasteiger partial charge on any atom is 0.416 e. The molecule has 0 aliphatic carbocycles. The molecule has 0 saturated carbocycles. The molecule has 21 heteroatoms. The molecule has 6 N–H and O–H groups in total. The fraction of sp³-hybridized carbons (Fsp3) is 0.153. The summed E-state index contributed by atoms with van der Waals surface area (Å²) in [6, 6.07) is 64.7. The second-order valence-electron chi connectivity index (χ2n) is 21.7. The van der Waals surface area contributed by atoms with E-state index in [9.17, 15) is 52.8 Å². The Balaban J connectivity index is 0.000000180. The van der Waals surface area contributed by atoms with E-state index in [2.05, 4.69) is 14.2 Å². The van der Waals surface area contributed by atoms with Gasteiger partial charge in [-0.3, -0.25) is 14.2 Å². The Morgan fingerprint density at radius 1 is 0.376 bits per heavy atom. The second-order valence-corrected chi connectivity index (χ2v) is 26.7. The highest BCUT2D eigenvalue weighted by Gasteiger charge is 2.32. The first-order chi connectivity index (χ1) is 44.3. The van der Waals surface area contributed by atoms with E-state index in [1.807, 2.05) is 73.7 Å². The van der Waals surface area contributed by atoms with E-state index in [1.165, 1.54) is 6.07 Å². The van der Waals surface area contributed by atoms with Gasteiger partial charge in [0.05, 0.1) is 54.0 Å². The second kappa shape index (κ2) is 31.3. The van der Waals surface area contributed by atoms with E-state index in [1.54, 1.807) is 140 Å². The van der Waals surface area contributed by atoms with Gasteiger partial charge in [0.25, 0.3) is 30.1 Å². The minimum atomic E-state index is -4.65. The van der Waals surface area contributed by atoms with Crippen molar-refractivity contribution in [1.82, 2.24) is 0 Å². The number of halogens is 3. The Bertz CT molecular complexity index is 4640. The number of benzene rings is 10. The van der Waals surface area contributed by atoms with Gasteiger partial charge in [-0.1, -0.05) is 151 Å². The summed E-state index contributed by atoms with van der Waals surface area (Å²) in [6.07, 6.45) is 1.30. The molecular formula is C72H66F3N3O12S3. The van der Waals surface area contributed by atoms with Crippen LogP contribution in [0.25, 0.3) is 10.8 Å². The van der Waals surface area contributed by atoms with Crippen LogP contribution in [-0.2, 0) is 74.8 Å². The Morgan fingerprint density at radius 2 is 0.742 bits per heavy atom. The highest BCUT2D eigenvalue weighted by Crippen LogP contribution is 2.32. The summed E-state index contributed by atoms with van der Waals surface area (Å²) >= 11 is 0. The lowest BCUT2D eigenvalue weighted by atomic mass is 10.0. The molecule has 480 valence electrons. The first-order valence-electron chi connectivity index (χ1n) is 29.4. The highest BCUT2D eigenvalue weighted by atomic mass is 32.2. The standard InChI is InChI=1S/C26H23NO4S.C23H20F3NO4S.C23H23NO4S/c28-26(29)22-14-6-9-19(18-22)8-5-13-21-11-2-4-16-24(21)27-32(30,31)25-17-7-12-20-10-1-3-15-23(20)25;24-23(25,26)19-11-5-12-20(15-19)32(30,31)27-21-13-2-1-8-17(21)9-3-6-16-7-4-10-18(14-16)22(28)29;1-17-12-14-21(15-13-17)29(27,28)24-22-11-3-2-8-19(22)9-4-6-18-7-5-10-20(16-18)23(25)26/h1-4,6-7,9-12,14-18,27H,5,8,13H2,(H,28,29);1-2,4-5,7-8,10-15,27H,3,6,9H2,(H,28,29);2-3,5,7-8,10-16,24H,4,6,9H2,1H3,(H,25,26). The number of aryl methyl sites for hydroxylation is 7. The van der Waals surface area contributed by atoms with Gasteiger partial charge in [-0.15, -0.1) is 0 Å². The monoisotopic (exact) mass is 1320 g/mol. The molecule has 0 unspecified atom stereocenters. The van der Waals surface area contributed by atoms with Crippen LogP contribution in [-0.4, -0.2) is 58.5 Å². The fourth-order valence-corrected chi connectivity index (χ4v) is 13.7. The third kappa shape index (κ3) is 19.7. The summed E-state index contributed by atoms with van der Waals surface area (Å²) in [5.41, 5.74) is 7.29. The maximum atomic E-state index is 13.2. The molecule has 0 saturated heterocycles. The van der Waals surface area contributed by atoms with Gasteiger partial charge in [-0.2, -0.15) is 13.2 Å². The van der Waals surface area contributed by atoms with Gasteiger partial charge in [0.15, 0.2) is 0 Å². The molecule has 0 heterocycles. The van der Waals surface area contributed by atoms with Crippen LogP contribution in [0.15, 0.2) is 251 Å². The summed E-state index contributed by atoms with van der Waals surface area (Å²) in [5, 5.41) is 28.9. The van der Waals surface area contributed by atoms with Gasteiger partial charge >= 0.3 is 24.1 Å². The van der Waals surface area contributed by atoms with Crippen LogP contribution >= 0.6 is 0 Å². The van der Waals surface area contributed by atoms with Gasteiger partial charge < -0.3 is 15.3 Å². The maximum absolute atomic E-state index is 13.2. The number of carbonyl (C=O) groups is 3. The predicted octanol–water partition coefficient (Wildman–Crippen LogP) is 15.6. The molecule has 10 aromatic rings. The number of alkyl halides is 3. The molecule has 0 atom stereocenters. The first-order valence-corrected chi connectivity index (χ1v) is 33.8. The number of carboxylic acid groups (broad SMARTS) is 3. The summed E-state index contributed by atoms with van der Waals surface area (Å²) in [7, 11) is -11.7. The minimum Gasteiger partial charge on any atom is -0.478 e. The molecule has 0 aliphatic heterocycles. The highest BCUT2D eigenvalue weighted by molar-refractivity contribution is 7.93. The van der Waals surface area contributed by atoms with E-state index in [4.69, 9.17) is 15.3 Å². The van der Waals surface area contributed by atoms with Gasteiger partial charge in [0, 0.05) is 5.39 Å². The number of rotatable bonds is 24. The van der Waals surface area contributed by atoms with Crippen molar-refractivity contribution >= 4 is 75.8 Å². The fourth-order valence-electron chi connectivity index (χ4n) is 10.1. The van der Waals surface area contributed by atoms with Crippen LogP contribution in [0, 0.1) is 6.92 Å². The van der Waals surface area contributed by atoms with Crippen LogP contribution in [0.1, 0.15) is 94.8 Å². The normalized spacial score (nSPS) is 11.5. The van der Waals surface area contributed by atoms with Crippen molar-refractivity contribution < 1.29 is 68.1 Å². The number of aromatic carboxylic acids is 3. The Labute approximate surface area is 538 Å². The van der Waals surface area contributed by atoms with E-state index < -0.39 is 64.6 Å². The van der Waals surface area contributed by atoms with Crippen LogP contribution < -0.4 is 14.2 Å². The number of para-hydroxylation sites is 3. The summed E-state index contributed by atoms with van der Waals surface area (Å²) in [5.74, 6) is -2.90. The summed E-state index contributed by atoms with van der Waals surface area (Å²) in [6.45, 7) is 1.91. The number of sulfonamides is 3. The molecule has 93 heavy (non-hydrogen) atoms. The average Bonchev–Trinajstić information content (AvgIpc) is 0.814. The Hall–Kier alpha value is -10.1. The lowest BCUT2D eigenvalue weighted by molar-refractivity contribution is -0.137. The van der Waals surface area contributed by atoms with Gasteiger partial charge in [-0.05, 0) is 194 Å². The van der Waals surface area contributed by atoms with Crippen molar-refractivity contribution in [3.8, 4) is 0 Å². The van der Waals surface area contributed by atoms with Crippen molar-refractivity contribution in [2.45, 2.75) is 85.6 Å². The molecule has 0 spiro atoms. The third-order valence-corrected chi connectivity index (χ3v) is 19.1. The smallest absolute Gasteiger partial charge is 0.416 e. The van der Waals surface area contributed by atoms with Crippen molar-refractivity contribution in [2.24, 2.45) is 0 Å². The van der Waals surface area contributed by atoms with Gasteiger partial charge in [0.1, 0.15) is 0 Å².